The Kier molecular flexibility index (Phi) is 7.28. The summed E-state index contributed by atoms with van der Waals surface area (Å²) in [5.41, 5.74) is 6.54. The number of hydrogen-bond acceptors (Lipinski definition) is 3. The summed E-state index contributed by atoms with van der Waals surface area (Å²) in [7, 11) is 0. The third-order valence-electron chi connectivity index (χ3n) is 7.57. The van der Waals surface area contributed by atoms with E-state index in [-0.39, 0.29) is 17.8 Å². The van der Waals surface area contributed by atoms with Gasteiger partial charge in [0.25, 0.3) is 5.91 Å². The second-order valence-electron chi connectivity index (χ2n) is 10.3. The molecule has 2 aliphatic heterocycles. The molecule has 4 nitrogen and oxygen atoms in total. The summed E-state index contributed by atoms with van der Waals surface area (Å²) in [6.07, 6.45) is 3.94. The van der Waals surface area contributed by atoms with Gasteiger partial charge in [0.05, 0.1) is 18.3 Å². The van der Waals surface area contributed by atoms with Crippen molar-refractivity contribution in [1.82, 2.24) is 9.91 Å². The van der Waals surface area contributed by atoms with Gasteiger partial charge in [-0.15, -0.1) is 0 Å². The van der Waals surface area contributed by atoms with E-state index in [1.807, 2.05) is 0 Å². The van der Waals surface area contributed by atoms with Crippen LogP contribution in [0.5, 0.6) is 0 Å². The summed E-state index contributed by atoms with van der Waals surface area (Å²) in [6.45, 7) is 6.40. The first-order valence-electron chi connectivity index (χ1n) is 12.9. The SMILES string of the molecule is Cc1ccc(C)c(C2CC(c3ccc(F)cc3)=NN2C(=O)CN2CCC(Cc3ccccc3)CC2)c1. The van der Waals surface area contributed by atoms with Gasteiger partial charge < -0.3 is 0 Å². The van der Waals surface area contributed by atoms with E-state index in [0.717, 1.165) is 54.8 Å². The maximum Gasteiger partial charge on any atom is 0.257 e. The fourth-order valence-corrected chi connectivity index (χ4v) is 5.48. The second kappa shape index (κ2) is 10.8. The van der Waals surface area contributed by atoms with Crippen molar-refractivity contribution >= 4 is 11.6 Å². The molecule has 1 saturated heterocycles. The summed E-state index contributed by atoms with van der Waals surface area (Å²) in [5, 5.41) is 6.50. The Morgan fingerprint density at radius 3 is 2.42 bits per heavy atom. The summed E-state index contributed by atoms with van der Waals surface area (Å²) in [5.74, 6) is 0.419. The monoisotopic (exact) mass is 483 g/mol. The van der Waals surface area contributed by atoms with E-state index in [4.69, 9.17) is 5.10 Å². The van der Waals surface area contributed by atoms with Crippen LogP contribution in [0.15, 0.2) is 77.9 Å². The van der Waals surface area contributed by atoms with Crippen molar-refractivity contribution in [3.05, 3.63) is 106 Å². The molecule has 1 unspecified atom stereocenters. The van der Waals surface area contributed by atoms with Gasteiger partial charge in [-0.25, -0.2) is 9.40 Å². The molecule has 3 aromatic rings. The molecule has 0 spiro atoms. The molecule has 3 aromatic carbocycles. The van der Waals surface area contributed by atoms with Crippen LogP contribution in [0.3, 0.4) is 0 Å². The molecule has 2 heterocycles. The zero-order valence-electron chi connectivity index (χ0n) is 21.2. The van der Waals surface area contributed by atoms with Gasteiger partial charge in [0.1, 0.15) is 5.82 Å². The summed E-state index contributed by atoms with van der Waals surface area (Å²) >= 11 is 0. The van der Waals surface area contributed by atoms with Crippen LogP contribution in [0.25, 0.3) is 0 Å². The lowest BCUT2D eigenvalue weighted by Gasteiger charge is -2.33. The molecule has 1 atom stereocenters. The zero-order valence-corrected chi connectivity index (χ0v) is 21.2. The smallest absolute Gasteiger partial charge is 0.257 e. The minimum atomic E-state index is -0.271. The Morgan fingerprint density at radius 2 is 1.69 bits per heavy atom. The van der Waals surface area contributed by atoms with Gasteiger partial charge >= 0.3 is 0 Å². The number of amides is 1. The third kappa shape index (κ3) is 5.57. The van der Waals surface area contributed by atoms with Crippen LogP contribution in [0.1, 0.15) is 53.1 Å². The van der Waals surface area contributed by atoms with Gasteiger partial charge in [0.15, 0.2) is 0 Å². The highest BCUT2D eigenvalue weighted by atomic mass is 19.1. The molecule has 0 radical (unpaired) electrons. The van der Waals surface area contributed by atoms with Crippen LogP contribution >= 0.6 is 0 Å². The van der Waals surface area contributed by atoms with E-state index < -0.39 is 0 Å². The minimum Gasteiger partial charge on any atom is -0.294 e. The number of piperidine rings is 1. The summed E-state index contributed by atoms with van der Waals surface area (Å²) < 4.78 is 13.5. The Bertz CT molecular complexity index is 1230. The van der Waals surface area contributed by atoms with Gasteiger partial charge in [0, 0.05) is 6.42 Å². The molecule has 2 aliphatic rings. The fraction of sp³-hybridized carbons (Fsp3) is 0.355. The highest BCUT2D eigenvalue weighted by Gasteiger charge is 2.35. The van der Waals surface area contributed by atoms with Crippen molar-refractivity contribution < 1.29 is 9.18 Å². The molecular formula is C31H34FN3O. The van der Waals surface area contributed by atoms with E-state index in [0.29, 0.717) is 18.9 Å². The first-order valence-corrected chi connectivity index (χ1v) is 12.9. The van der Waals surface area contributed by atoms with Crippen molar-refractivity contribution in [3.8, 4) is 0 Å². The lowest BCUT2D eigenvalue weighted by molar-refractivity contribution is -0.134. The maximum atomic E-state index is 13.6. The van der Waals surface area contributed by atoms with Crippen LogP contribution < -0.4 is 0 Å². The van der Waals surface area contributed by atoms with Gasteiger partial charge in [-0.1, -0.05) is 66.2 Å². The molecular weight excluding hydrogens is 449 g/mol. The van der Waals surface area contributed by atoms with Gasteiger partial charge in [-0.3, -0.25) is 9.69 Å². The first-order chi connectivity index (χ1) is 17.5. The second-order valence-corrected chi connectivity index (χ2v) is 10.3. The molecule has 0 saturated carbocycles. The number of halogens is 1. The van der Waals surface area contributed by atoms with E-state index in [1.54, 1.807) is 17.1 Å². The number of rotatable bonds is 6. The maximum absolute atomic E-state index is 13.6. The number of likely N-dealkylation sites (tertiary alicyclic amines) is 1. The van der Waals surface area contributed by atoms with Crippen LogP contribution in [-0.2, 0) is 11.2 Å². The van der Waals surface area contributed by atoms with Crippen molar-refractivity contribution in [2.24, 2.45) is 11.0 Å². The third-order valence-corrected chi connectivity index (χ3v) is 7.57. The molecule has 0 N–H and O–H groups in total. The van der Waals surface area contributed by atoms with E-state index in [2.05, 4.69) is 67.3 Å². The number of benzene rings is 3. The molecule has 0 bridgehead atoms. The van der Waals surface area contributed by atoms with Crippen LogP contribution in [0, 0.1) is 25.6 Å². The van der Waals surface area contributed by atoms with E-state index in [9.17, 15) is 9.18 Å². The van der Waals surface area contributed by atoms with Crippen LogP contribution in [0.2, 0.25) is 0 Å². The fourth-order valence-electron chi connectivity index (χ4n) is 5.48. The van der Waals surface area contributed by atoms with E-state index in [1.165, 1.54) is 23.3 Å². The highest BCUT2D eigenvalue weighted by molar-refractivity contribution is 6.03. The molecule has 5 rings (SSSR count). The number of nitrogens with zero attached hydrogens (tertiary/aromatic N) is 3. The topological polar surface area (TPSA) is 35.9 Å². The Hall–Kier alpha value is -3.31. The molecule has 0 aliphatic carbocycles. The van der Waals surface area contributed by atoms with Crippen molar-refractivity contribution in [1.29, 1.82) is 0 Å². The number of hydrogen-bond donors (Lipinski definition) is 0. The van der Waals surface area contributed by atoms with Gasteiger partial charge in [-0.05, 0) is 86.5 Å². The summed E-state index contributed by atoms with van der Waals surface area (Å²) in [4.78, 5) is 15.9. The molecule has 0 aromatic heterocycles. The van der Waals surface area contributed by atoms with Crippen molar-refractivity contribution in [3.63, 3.8) is 0 Å². The zero-order chi connectivity index (χ0) is 25.1. The predicted molar refractivity (Wildman–Crippen MR) is 142 cm³/mol. The summed E-state index contributed by atoms with van der Waals surface area (Å²) in [6, 6.07) is 23.3. The Balaban J connectivity index is 1.29. The number of carbonyl (C=O) groups is 1. The number of hydrazone groups is 1. The Labute approximate surface area is 213 Å². The Morgan fingerprint density at radius 1 is 0.972 bits per heavy atom. The van der Waals surface area contributed by atoms with Crippen LogP contribution in [-0.4, -0.2) is 41.2 Å². The average molecular weight is 484 g/mol. The lowest BCUT2D eigenvalue weighted by Crippen LogP contribution is -2.42. The molecule has 36 heavy (non-hydrogen) atoms. The van der Waals surface area contributed by atoms with Crippen molar-refractivity contribution in [2.75, 3.05) is 19.6 Å². The lowest BCUT2D eigenvalue weighted by atomic mass is 9.90. The van der Waals surface area contributed by atoms with E-state index >= 15 is 0 Å². The first kappa shape index (κ1) is 24.4. The number of carbonyl (C=O) groups excluding carboxylic acids is 1. The largest absolute Gasteiger partial charge is 0.294 e. The molecule has 186 valence electrons. The predicted octanol–water partition coefficient (Wildman–Crippen LogP) is 6.07. The van der Waals surface area contributed by atoms with Crippen LogP contribution in [0.4, 0.5) is 4.39 Å². The quantitative estimate of drug-likeness (QED) is 0.426. The van der Waals surface area contributed by atoms with Gasteiger partial charge in [0.2, 0.25) is 0 Å². The van der Waals surface area contributed by atoms with Crippen molar-refractivity contribution in [2.45, 2.75) is 45.6 Å². The molecule has 1 amide bonds. The highest BCUT2D eigenvalue weighted by Crippen LogP contribution is 2.35. The average Bonchev–Trinajstić information content (AvgIpc) is 3.33. The molecule has 1 fully saturated rings. The minimum absolute atomic E-state index is 0.0273. The van der Waals surface area contributed by atoms with Gasteiger partial charge in [-0.2, -0.15) is 5.10 Å². The standard InChI is InChI=1S/C31H34FN3O/c1-22-8-9-23(2)28(18-22)30-20-29(26-10-12-27(32)13-11-26)33-35(30)31(36)21-34-16-14-25(15-17-34)19-24-6-4-3-5-7-24/h3-13,18,25,30H,14-17,19-21H2,1-2H3. The number of aryl methyl sites for hydroxylation is 2. The normalized spacial score (nSPS) is 18.9. The molecule has 5 heteroatoms.